The van der Waals surface area contributed by atoms with Crippen LogP contribution in [0, 0.1) is 0 Å². The minimum atomic E-state index is -0.104. The molecule has 154 valence electrons. The largest absolute Gasteiger partial charge is 0.454 e. The first-order valence-electron chi connectivity index (χ1n) is 10.1. The van der Waals surface area contributed by atoms with Crippen molar-refractivity contribution in [2.45, 2.75) is 25.2 Å². The van der Waals surface area contributed by atoms with Crippen molar-refractivity contribution < 1.29 is 14.3 Å². The maximum atomic E-state index is 12.8. The summed E-state index contributed by atoms with van der Waals surface area (Å²) in [5, 5.41) is 13.8. The van der Waals surface area contributed by atoms with E-state index in [0.29, 0.717) is 23.7 Å². The standard InChI is InChI=1S/C22H22N4O3S/c27-22(23-17-8-9-18-19(12-17)29-14-28-18)26-10-4-7-16(13-26)21-25-24-20(30-21)11-15-5-2-1-3-6-15/h1-3,5-6,8-9,12,16H,4,7,10-11,13-14H2,(H,23,27)/t16-/m1/s1. The Morgan fingerprint density at radius 1 is 1.13 bits per heavy atom. The molecule has 0 bridgehead atoms. The topological polar surface area (TPSA) is 76.6 Å². The number of ether oxygens (including phenoxy) is 2. The fourth-order valence-electron chi connectivity index (χ4n) is 3.81. The van der Waals surface area contributed by atoms with Crippen LogP contribution in [0.15, 0.2) is 48.5 Å². The Balaban J connectivity index is 1.22. The third-order valence-corrected chi connectivity index (χ3v) is 6.45. The van der Waals surface area contributed by atoms with E-state index >= 15 is 0 Å². The lowest BCUT2D eigenvalue weighted by Gasteiger charge is -2.31. The van der Waals surface area contributed by atoms with Crippen molar-refractivity contribution in [2.24, 2.45) is 0 Å². The molecule has 2 aliphatic heterocycles. The molecule has 5 rings (SSSR count). The molecule has 1 saturated heterocycles. The maximum Gasteiger partial charge on any atom is 0.321 e. The molecule has 1 atom stereocenters. The Labute approximate surface area is 178 Å². The van der Waals surface area contributed by atoms with Crippen LogP contribution in [-0.2, 0) is 6.42 Å². The number of aromatic nitrogens is 2. The molecule has 0 spiro atoms. The predicted octanol–water partition coefficient (Wildman–Crippen LogP) is 4.27. The summed E-state index contributed by atoms with van der Waals surface area (Å²) in [5.74, 6) is 1.58. The summed E-state index contributed by atoms with van der Waals surface area (Å²) in [6.07, 6.45) is 2.76. The van der Waals surface area contributed by atoms with Crippen LogP contribution < -0.4 is 14.8 Å². The molecule has 2 aromatic carbocycles. The van der Waals surface area contributed by atoms with Crippen molar-refractivity contribution >= 4 is 23.1 Å². The summed E-state index contributed by atoms with van der Waals surface area (Å²) < 4.78 is 10.7. The quantitative estimate of drug-likeness (QED) is 0.680. The number of carbonyl (C=O) groups is 1. The van der Waals surface area contributed by atoms with Gasteiger partial charge in [-0.3, -0.25) is 0 Å². The Morgan fingerprint density at radius 2 is 2.00 bits per heavy atom. The van der Waals surface area contributed by atoms with Crippen LogP contribution in [0.25, 0.3) is 0 Å². The zero-order valence-corrected chi connectivity index (χ0v) is 17.2. The molecular formula is C22H22N4O3S. The summed E-state index contributed by atoms with van der Waals surface area (Å²) in [7, 11) is 0. The lowest BCUT2D eigenvalue weighted by atomic mass is 9.99. The van der Waals surface area contributed by atoms with Crippen molar-refractivity contribution in [2.75, 3.05) is 25.2 Å². The van der Waals surface area contributed by atoms with Gasteiger partial charge in [0.1, 0.15) is 10.0 Å². The van der Waals surface area contributed by atoms with Crippen molar-refractivity contribution in [3.05, 3.63) is 64.1 Å². The SMILES string of the molecule is O=C(Nc1ccc2c(c1)OCO2)N1CCC[C@@H](c2nnc(Cc3ccccc3)s2)C1. The van der Waals surface area contributed by atoms with E-state index in [-0.39, 0.29) is 18.7 Å². The zero-order chi connectivity index (χ0) is 20.3. The third-order valence-electron chi connectivity index (χ3n) is 5.36. The van der Waals surface area contributed by atoms with E-state index < -0.39 is 0 Å². The van der Waals surface area contributed by atoms with Gasteiger partial charge >= 0.3 is 6.03 Å². The maximum absolute atomic E-state index is 12.8. The van der Waals surface area contributed by atoms with Gasteiger partial charge in [0.25, 0.3) is 0 Å². The molecule has 1 aromatic heterocycles. The molecule has 30 heavy (non-hydrogen) atoms. The number of carbonyl (C=O) groups excluding carboxylic acids is 1. The van der Waals surface area contributed by atoms with Gasteiger partial charge in [-0.1, -0.05) is 30.3 Å². The van der Waals surface area contributed by atoms with E-state index in [1.165, 1.54) is 5.56 Å². The van der Waals surface area contributed by atoms with E-state index in [1.54, 1.807) is 17.4 Å². The lowest BCUT2D eigenvalue weighted by molar-refractivity contribution is 0.174. The summed E-state index contributed by atoms with van der Waals surface area (Å²) in [5.41, 5.74) is 1.93. The number of rotatable bonds is 4. The predicted molar refractivity (Wildman–Crippen MR) is 114 cm³/mol. The van der Waals surface area contributed by atoms with Crippen LogP contribution >= 0.6 is 11.3 Å². The van der Waals surface area contributed by atoms with Gasteiger partial charge in [0.15, 0.2) is 11.5 Å². The van der Waals surface area contributed by atoms with Gasteiger partial charge in [-0.2, -0.15) is 0 Å². The second-order valence-electron chi connectivity index (χ2n) is 7.48. The van der Waals surface area contributed by atoms with Crippen LogP contribution in [0.4, 0.5) is 10.5 Å². The van der Waals surface area contributed by atoms with E-state index in [0.717, 1.165) is 35.8 Å². The number of benzene rings is 2. The smallest absolute Gasteiger partial charge is 0.321 e. The van der Waals surface area contributed by atoms with Gasteiger partial charge in [0, 0.05) is 37.2 Å². The Hall–Kier alpha value is -3.13. The summed E-state index contributed by atoms with van der Waals surface area (Å²) in [4.78, 5) is 14.7. The van der Waals surface area contributed by atoms with Crippen LogP contribution in [0.5, 0.6) is 11.5 Å². The van der Waals surface area contributed by atoms with Gasteiger partial charge in [-0.25, -0.2) is 4.79 Å². The summed E-state index contributed by atoms with van der Waals surface area (Å²) >= 11 is 1.65. The van der Waals surface area contributed by atoms with Gasteiger partial charge in [0.2, 0.25) is 6.79 Å². The minimum Gasteiger partial charge on any atom is -0.454 e. The van der Waals surface area contributed by atoms with Gasteiger partial charge in [0.05, 0.1) is 0 Å². The van der Waals surface area contributed by atoms with Crippen molar-refractivity contribution in [3.63, 3.8) is 0 Å². The number of amides is 2. The highest BCUT2D eigenvalue weighted by molar-refractivity contribution is 7.11. The Bertz CT molecular complexity index is 1040. The number of nitrogens with one attached hydrogen (secondary N) is 1. The summed E-state index contributed by atoms with van der Waals surface area (Å²) in [6, 6.07) is 15.6. The molecule has 1 N–H and O–H groups in total. The van der Waals surface area contributed by atoms with Crippen molar-refractivity contribution in [1.82, 2.24) is 15.1 Å². The van der Waals surface area contributed by atoms with Crippen molar-refractivity contribution in [1.29, 1.82) is 0 Å². The molecule has 0 saturated carbocycles. The second-order valence-corrected chi connectivity index (χ2v) is 8.57. The first kappa shape index (κ1) is 18.9. The molecule has 3 aromatic rings. The molecule has 1 fully saturated rings. The lowest BCUT2D eigenvalue weighted by Crippen LogP contribution is -2.41. The first-order valence-corrected chi connectivity index (χ1v) is 10.9. The summed E-state index contributed by atoms with van der Waals surface area (Å²) in [6.45, 7) is 1.60. The van der Waals surface area contributed by atoms with E-state index in [2.05, 4.69) is 27.6 Å². The fraction of sp³-hybridized carbons (Fsp3) is 0.318. The molecule has 2 aliphatic rings. The molecule has 0 aliphatic carbocycles. The number of hydrogen-bond donors (Lipinski definition) is 1. The average Bonchev–Trinajstić information content (AvgIpc) is 3.44. The van der Waals surface area contributed by atoms with Gasteiger partial charge in [-0.15, -0.1) is 21.5 Å². The number of fused-ring (bicyclic) bond motifs is 1. The molecule has 8 heteroatoms. The molecule has 0 unspecified atom stereocenters. The zero-order valence-electron chi connectivity index (χ0n) is 16.4. The molecule has 3 heterocycles. The van der Waals surface area contributed by atoms with Crippen molar-refractivity contribution in [3.8, 4) is 11.5 Å². The fourth-order valence-corrected chi connectivity index (χ4v) is 4.82. The number of likely N-dealkylation sites (tertiary alicyclic amines) is 1. The average molecular weight is 423 g/mol. The first-order chi connectivity index (χ1) is 14.7. The number of nitrogens with zero attached hydrogens (tertiary/aromatic N) is 3. The third kappa shape index (κ3) is 4.09. The molecule has 7 nitrogen and oxygen atoms in total. The monoisotopic (exact) mass is 422 g/mol. The highest BCUT2D eigenvalue weighted by Crippen LogP contribution is 2.35. The Morgan fingerprint density at radius 3 is 2.90 bits per heavy atom. The van der Waals surface area contributed by atoms with Gasteiger partial charge in [-0.05, 0) is 30.5 Å². The van der Waals surface area contributed by atoms with E-state index in [1.807, 2.05) is 35.2 Å². The highest BCUT2D eigenvalue weighted by atomic mass is 32.1. The number of urea groups is 1. The van der Waals surface area contributed by atoms with Crippen LogP contribution in [-0.4, -0.2) is 41.0 Å². The highest BCUT2D eigenvalue weighted by Gasteiger charge is 2.27. The van der Waals surface area contributed by atoms with Crippen LogP contribution in [0.1, 0.15) is 34.3 Å². The second kappa shape index (κ2) is 8.31. The molecule has 2 amide bonds. The molecule has 0 radical (unpaired) electrons. The van der Waals surface area contributed by atoms with Crippen LogP contribution in [0.3, 0.4) is 0 Å². The van der Waals surface area contributed by atoms with E-state index in [9.17, 15) is 4.79 Å². The number of hydrogen-bond acceptors (Lipinski definition) is 6. The van der Waals surface area contributed by atoms with Crippen LogP contribution in [0.2, 0.25) is 0 Å². The van der Waals surface area contributed by atoms with Gasteiger partial charge < -0.3 is 19.7 Å². The number of anilines is 1. The minimum absolute atomic E-state index is 0.104. The number of piperidine rings is 1. The normalized spacial score (nSPS) is 17.7. The van der Waals surface area contributed by atoms with E-state index in [4.69, 9.17) is 9.47 Å². The Kier molecular flexibility index (Phi) is 5.23. The molecular weight excluding hydrogens is 400 g/mol.